The van der Waals surface area contributed by atoms with Crippen LogP contribution in [-0.4, -0.2) is 26.0 Å². The number of halogens is 3. The van der Waals surface area contributed by atoms with Crippen molar-refractivity contribution in [2.45, 2.75) is 6.18 Å². The minimum Gasteiger partial charge on any atom is -0.287 e. The van der Waals surface area contributed by atoms with E-state index in [4.69, 9.17) is 5.26 Å². The predicted molar refractivity (Wildman–Crippen MR) is 54.9 cm³/mol. The van der Waals surface area contributed by atoms with Gasteiger partial charge in [-0.2, -0.15) is 13.2 Å². The highest BCUT2D eigenvalue weighted by Crippen LogP contribution is 2.11. The Balaban J connectivity index is 2.49. The lowest BCUT2D eigenvalue weighted by atomic mass is 9.98. The van der Waals surface area contributed by atoms with Crippen molar-refractivity contribution in [1.29, 1.82) is 5.26 Å². The lowest BCUT2D eigenvalue weighted by Gasteiger charge is -2.09. The number of nitrogens with one attached hydrogen (secondary N) is 2. The quantitative estimate of drug-likeness (QED) is 0.575. The fourth-order valence-corrected chi connectivity index (χ4v) is 1.04. The molecular formula is C9H8BF3N4O+. The van der Waals surface area contributed by atoms with E-state index in [1.54, 1.807) is 11.4 Å². The second-order valence-corrected chi connectivity index (χ2v) is 3.22. The normalized spacial score (nSPS) is 10.6. The number of amides is 1. The summed E-state index contributed by atoms with van der Waals surface area (Å²) >= 11 is 0. The van der Waals surface area contributed by atoms with Crippen LogP contribution in [0.5, 0.6) is 0 Å². The number of alkyl halides is 3. The van der Waals surface area contributed by atoms with Gasteiger partial charge in [0, 0.05) is 12.1 Å². The molecule has 18 heavy (non-hydrogen) atoms. The second kappa shape index (κ2) is 6.02. The molecule has 9 heteroatoms. The van der Waals surface area contributed by atoms with Crippen LogP contribution in [0.2, 0.25) is 0 Å². The largest absolute Gasteiger partial charge is 0.671 e. The molecule has 1 aromatic heterocycles. The monoisotopic (exact) mass is 256 g/mol. The molecule has 1 heterocycles. The third-order valence-electron chi connectivity index (χ3n) is 1.81. The van der Waals surface area contributed by atoms with E-state index in [0.29, 0.717) is 0 Å². The average Bonchev–Trinajstić information content (AvgIpc) is 2.28. The van der Waals surface area contributed by atoms with Gasteiger partial charge in [0.2, 0.25) is 0 Å². The second-order valence-electron chi connectivity index (χ2n) is 3.22. The number of rotatable bonds is 4. The summed E-state index contributed by atoms with van der Waals surface area (Å²) in [6.45, 7) is -1.31. The number of hydrogen-bond donors (Lipinski definition) is 2. The molecule has 5 nitrogen and oxygen atoms in total. The lowest BCUT2D eigenvalue weighted by molar-refractivity contribution is -0.527. The summed E-state index contributed by atoms with van der Waals surface area (Å²) < 4.78 is 36.8. The van der Waals surface area contributed by atoms with Crippen molar-refractivity contribution in [1.82, 2.24) is 10.9 Å². The molecule has 93 valence electrons. The Labute approximate surface area is 101 Å². The Morgan fingerprint density at radius 3 is 2.56 bits per heavy atom. The highest BCUT2D eigenvalue weighted by Gasteiger charge is 2.26. The Morgan fingerprint density at radius 1 is 1.44 bits per heavy atom. The van der Waals surface area contributed by atoms with Gasteiger partial charge in [-0.25, -0.2) is 10.7 Å². The summed E-state index contributed by atoms with van der Waals surface area (Å²) in [7, 11) is 1.20. The number of nitrogens with zero attached hydrogens (tertiary/aromatic N) is 2. The van der Waals surface area contributed by atoms with Crippen molar-refractivity contribution in [3.8, 4) is 5.97 Å². The van der Waals surface area contributed by atoms with E-state index in [9.17, 15) is 18.0 Å². The highest BCUT2D eigenvalue weighted by atomic mass is 19.4. The van der Waals surface area contributed by atoms with Crippen molar-refractivity contribution in [3.63, 3.8) is 0 Å². The Bertz CT molecular complexity index is 454. The van der Waals surface area contributed by atoms with Crippen LogP contribution >= 0.6 is 0 Å². The third-order valence-corrected chi connectivity index (χ3v) is 1.81. The number of carbonyl (C=O) groups excluding carboxylic acids is 1. The molecule has 0 saturated heterocycles. The zero-order chi connectivity index (χ0) is 13.6. The third kappa shape index (κ3) is 4.84. The van der Waals surface area contributed by atoms with Crippen molar-refractivity contribution >= 4 is 13.3 Å². The van der Waals surface area contributed by atoms with E-state index in [1.807, 2.05) is 5.43 Å². The minimum atomic E-state index is -4.39. The van der Waals surface area contributed by atoms with Gasteiger partial charge in [-0.05, 0) is 0 Å². The van der Waals surface area contributed by atoms with Gasteiger partial charge < -0.3 is 0 Å². The molecule has 1 amide bonds. The summed E-state index contributed by atoms with van der Waals surface area (Å²) in [5.41, 5.74) is 3.86. The first kappa shape index (κ1) is 14.0. The molecule has 0 saturated carbocycles. The Kier molecular flexibility index (Phi) is 4.68. The van der Waals surface area contributed by atoms with E-state index < -0.39 is 18.6 Å². The van der Waals surface area contributed by atoms with E-state index >= 15 is 0 Å². The van der Waals surface area contributed by atoms with Crippen LogP contribution in [-0.2, 0) is 0 Å². The number of carbonyl (C=O) groups is 1. The molecule has 0 unspecified atom stereocenters. The van der Waals surface area contributed by atoms with E-state index in [1.165, 1.54) is 36.4 Å². The van der Waals surface area contributed by atoms with Crippen LogP contribution in [0.1, 0.15) is 10.4 Å². The van der Waals surface area contributed by atoms with E-state index in [-0.39, 0.29) is 5.56 Å². The molecule has 0 aliphatic heterocycles. The number of hydrogen-bond acceptors (Lipinski definition) is 3. The van der Waals surface area contributed by atoms with Crippen molar-refractivity contribution in [2.75, 3.05) is 6.54 Å². The molecule has 0 aromatic carbocycles. The Morgan fingerprint density at radius 2 is 2.06 bits per heavy atom. The van der Waals surface area contributed by atoms with E-state index in [0.717, 1.165) is 0 Å². The highest BCUT2D eigenvalue weighted by molar-refractivity contribution is 6.35. The van der Waals surface area contributed by atoms with Gasteiger partial charge in [-0.1, -0.05) is 0 Å². The van der Waals surface area contributed by atoms with Crippen LogP contribution < -0.4 is 15.3 Å². The van der Waals surface area contributed by atoms with Crippen LogP contribution in [0.3, 0.4) is 0 Å². The summed E-state index contributed by atoms with van der Waals surface area (Å²) in [6, 6.07) is 2.75. The molecule has 1 radical (unpaired) electrons. The van der Waals surface area contributed by atoms with Crippen molar-refractivity contribution in [2.24, 2.45) is 0 Å². The lowest BCUT2D eigenvalue weighted by Crippen LogP contribution is -2.43. The number of aromatic nitrogens is 1. The van der Waals surface area contributed by atoms with E-state index in [2.05, 4.69) is 0 Å². The first-order chi connectivity index (χ1) is 8.42. The molecular weight excluding hydrogens is 248 g/mol. The molecule has 0 aliphatic rings. The molecule has 0 atom stereocenters. The van der Waals surface area contributed by atoms with Crippen molar-refractivity contribution in [3.05, 3.63) is 30.1 Å². The zero-order valence-electron chi connectivity index (χ0n) is 9.03. The minimum absolute atomic E-state index is 0.173. The molecule has 1 aromatic rings. The maximum Gasteiger partial charge on any atom is 0.671 e. The zero-order valence-corrected chi connectivity index (χ0v) is 9.03. The SMILES string of the molecule is N#C[B][n+]1ccc(C(=O)NNCC(F)(F)F)cc1. The van der Waals surface area contributed by atoms with Crippen LogP contribution in [0.4, 0.5) is 13.2 Å². The molecule has 0 fully saturated rings. The van der Waals surface area contributed by atoms with Gasteiger partial charge >= 0.3 is 13.6 Å². The first-order valence-electron chi connectivity index (χ1n) is 4.76. The number of nitriles is 1. The van der Waals surface area contributed by atoms with Gasteiger partial charge in [-0.15, -0.1) is 0 Å². The topological polar surface area (TPSA) is 68.8 Å². The van der Waals surface area contributed by atoms with Crippen LogP contribution in [0.15, 0.2) is 24.5 Å². The van der Waals surface area contributed by atoms with Gasteiger partial charge in [0.25, 0.3) is 5.91 Å². The van der Waals surface area contributed by atoms with Gasteiger partial charge in [0.15, 0.2) is 0 Å². The maximum absolute atomic E-state index is 11.8. The van der Waals surface area contributed by atoms with Gasteiger partial charge in [0.1, 0.15) is 24.9 Å². The van der Waals surface area contributed by atoms with Crippen LogP contribution in [0.25, 0.3) is 0 Å². The van der Waals surface area contributed by atoms with Crippen LogP contribution in [0, 0.1) is 11.2 Å². The molecule has 2 N–H and O–H groups in total. The summed E-state index contributed by atoms with van der Waals surface area (Å²) in [5, 5.41) is 8.37. The maximum atomic E-state index is 11.8. The summed E-state index contributed by atoms with van der Waals surface area (Å²) in [4.78, 5) is 11.4. The van der Waals surface area contributed by atoms with Crippen molar-refractivity contribution < 1.29 is 22.4 Å². The predicted octanol–water partition coefficient (Wildman–Crippen LogP) is -0.281. The van der Waals surface area contributed by atoms with Gasteiger partial charge in [0.05, 0.1) is 5.56 Å². The molecule has 0 bridgehead atoms. The Hall–Kier alpha value is -2.08. The first-order valence-corrected chi connectivity index (χ1v) is 4.76. The molecule has 0 aliphatic carbocycles. The number of hydrazine groups is 1. The molecule has 1 rings (SSSR count). The number of pyridine rings is 1. The summed E-state index contributed by atoms with van der Waals surface area (Å²) in [5.74, 6) is 1.09. The summed E-state index contributed by atoms with van der Waals surface area (Å²) in [6.07, 6.45) is -1.53. The molecule has 0 spiro atoms. The average molecular weight is 256 g/mol. The fraction of sp³-hybridized carbons (Fsp3) is 0.222. The standard InChI is InChI=1S/C9H8BF3N4O/c11-9(12,13)5-15-16-8(18)7-1-3-17(4-2-7)10-6-14/h1-4,15H,5H2,(H,16,18)/q+1. The smallest absolute Gasteiger partial charge is 0.287 e. The van der Waals surface area contributed by atoms with Gasteiger partial charge in [-0.3, -0.25) is 14.7 Å². The fourth-order valence-electron chi connectivity index (χ4n) is 1.04.